The fraction of sp³-hybridized carbons (Fsp3) is 0.308. The zero-order chi connectivity index (χ0) is 25.5. The van der Waals surface area contributed by atoms with Gasteiger partial charge in [-0.3, -0.25) is 4.79 Å². The van der Waals surface area contributed by atoms with Crippen LogP contribution in [0.3, 0.4) is 0 Å². The van der Waals surface area contributed by atoms with Crippen LogP contribution in [-0.2, 0) is 4.74 Å². The molecule has 35 heavy (non-hydrogen) atoms. The topological polar surface area (TPSA) is 152 Å². The summed E-state index contributed by atoms with van der Waals surface area (Å²) in [7, 11) is 0. The molecule has 0 aliphatic heterocycles. The van der Waals surface area contributed by atoms with Gasteiger partial charge >= 0.3 is 0 Å². The summed E-state index contributed by atoms with van der Waals surface area (Å²) in [5.74, 6) is 0.153. The first-order valence-corrected chi connectivity index (χ1v) is 11.1. The summed E-state index contributed by atoms with van der Waals surface area (Å²) in [4.78, 5) is 16.7. The van der Waals surface area contributed by atoms with Crippen molar-refractivity contribution in [2.75, 3.05) is 11.9 Å². The zero-order valence-electron chi connectivity index (χ0n) is 19.4. The molecule has 0 saturated carbocycles. The minimum atomic E-state index is -1.60. The summed E-state index contributed by atoms with van der Waals surface area (Å²) in [6, 6.07) is 17.5. The number of aromatic nitrogens is 1. The normalized spacial score (nSPS) is 15.6. The number of nitrogens with one attached hydrogen (secondary N) is 1. The first-order valence-electron chi connectivity index (χ1n) is 11.1. The Morgan fingerprint density at radius 3 is 2.34 bits per heavy atom. The summed E-state index contributed by atoms with van der Waals surface area (Å²) >= 11 is 0. The Kier molecular flexibility index (Phi) is 9.05. The number of ether oxygens (including phenoxy) is 1. The molecule has 0 saturated heterocycles. The number of aliphatic hydroxyl groups is 5. The van der Waals surface area contributed by atoms with Crippen LogP contribution in [0.4, 0.5) is 5.82 Å². The van der Waals surface area contributed by atoms with Crippen LogP contribution in [0.15, 0.2) is 66.9 Å². The highest BCUT2D eigenvalue weighted by Crippen LogP contribution is 2.28. The van der Waals surface area contributed by atoms with Gasteiger partial charge in [-0.1, -0.05) is 36.4 Å². The number of carbonyl (C=O) groups is 1. The third kappa shape index (κ3) is 6.70. The molecule has 1 aromatic heterocycles. The van der Waals surface area contributed by atoms with E-state index in [9.17, 15) is 30.3 Å². The number of hydrogen-bond acceptors (Lipinski definition) is 8. The summed E-state index contributed by atoms with van der Waals surface area (Å²) in [6.45, 7) is 2.38. The van der Waals surface area contributed by atoms with Gasteiger partial charge in [0.1, 0.15) is 24.1 Å². The van der Waals surface area contributed by atoms with E-state index in [1.807, 2.05) is 12.1 Å². The molecule has 3 aromatic rings. The maximum absolute atomic E-state index is 12.6. The second-order valence-corrected chi connectivity index (χ2v) is 8.25. The lowest BCUT2D eigenvalue weighted by molar-refractivity contribution is -0.202. The van der Waals surface area contributed by atoms with Gasteiger partial charge in [0, 0.05) is 17.3 Å². The van der Waals surface area contributed by atoms with E-state index in [0.717, 1.165) is 11.1 Å². The average Bonchev–Trinajstić information content (AvgIpc) is 2.86. The molecule has 5 atom stereocenters. The fourth-order valence-electron chi connectivity index (χ4n) is 3.57. The Morgan fingerprint density at radius 1 is 0.971 bits per heavy atom. The number of carbonyl (C=O) groups excluding carboxylic acids is 1. The maximum atomic E-state index is 12.6. The Morgan fingerprint density at radius 2 is 1.71 bits per heavy atom. The number of anilines is 1. The van der Waals surface area contributed by atoms with Crippen molar-refractivity contribution in [1.29, 1.82) is 0 Å². The number of pyridine rings is 1. The van der Waals surface area contributed by atoms with Gasteiger partial charge in [0.05, 0.1) is 12.7 Å². The molecular weight excluding hydrogens is 452 g/mol. The first kappa shape index (κ1) is 26.4. The highest BCUT2D eigenvalue weighted by Gasteiger charge is 2.32. The van der Waals surface area contributed by atoms with Crippen molar-refractivity contribution in [1.82, 2.24) is 4.98 Å². The largest absolute Gasteiger partial charge is 0.394 e. The molecule has 0 radical (unpaired) electrons. The standard InChI is InChI=1S/C26H30N2O7/c1-15-12-18(9-10-20(15)26(34)35-21(14-29)24(32)23(31)16(2)30)17-6-5-7-19(13-17)25(33)28-22-8-3-4-11-27-22/h3-13,16,21,23-24,26,29-32,34H,14H2,1-2H3,(H,27,28,33)/t16-,21?,23?,24+,26-/m0/s1. The molecule has 186 valence electrons. The lowest BCUT2D eigenvalue weighted by Crippen LogP contribution is -2.46. The van der Waals surface area contributed by atoms with Crippen molar-refractivity contribution >= 4 is 11.7 Å². The molecule has 0 fully saturated rings. The number of amides is 1. The number of aliphatic hydroxyl groups excluding tert-OH is 5. The molecule has 0 spiro atoms. The molecule has 6 N–H and O–H groups in total. The minimum Gasteiger partial charge on any atom is -0.394 e. The van der Waals surface area contributed by atoms with E-state index >= 15 is 0 Å². The molecule has 2 unspecified atom stereocenters. The lowest BCUT2D eigenvalue weighted by Gasteiger charge is -2.29. The second kappa shape index (κ2) is 12.0. The molecule has 0 aliphatic carbocycles. The van der Waals surface area contributed by atoms with Crippen LogP contribution in [0, 0.1) is 6.92 Å². The third-order valence-electron chi connectivity index (χ3n) is 5.61. The molecule has 0 aliphatic rings. The fourth-order valence-corrected chi connectivity index (χ4v) is 3.57. The molecule has 9 nitrogen and oxygen atoms in total. The van der Waals surface area contributed by atoms with Crippen LogP contribution in [0.5, 0.6) is 0 Å². The highest BCUT2D eigenvalue weighted by molar-refractivity contribution is 6.04. The van der Waals surface area contributed by atoms with Gasteiger partial charge in [0.2, 0.25) is 0 Å². The Balaban J connectivity index is 1.75. The second-order valence-electron chi connectivity index (χ2n) is 8.25. The zero-order valence-corrected chi connectivity index (χ0v) is 19.4. The molecule has 1 heterocycles. The van der Waals surface area contributed by atoms with Crippen LogP contribution in [-0.4, -0.2) is 67.4 Å². The predicted octanol–water partition coefficient (Wildman–Crippen LogP) is 1.78. The monoisotopic (exact) mass is 482 g/mol. The quantitative estimate of drug-likeness (QED) is 0.239. The van der Waals surface area contributed by atoms with E-state index in [2.05, 4.69) is 10.3 Å². The van der Waals surface area contributed by atoms with Crippen molar-refractivity contribution in [2.24, 2.45) is 0 Å². The molecule has 1 amide bonds. The Hall–Kier alpha value is -3.18. The van der Waals surface area contributed by atoms with Gasteiger partial charge in [0.25, 0.3) is 5.91 Å². The highest BCUT2D eigenvalue weighted by atomic mass is 16.6. The number of rotatable bonds is 10. The lowest BCUT2D eigenvalue weighted by atomic mass is 9.98. The summed E-state index contributed by atoms with van der Waals surface area (Å²) < 4.78 is 5.38. The van der Waals surface area contributed by atoms with E-state index in [4.69, 9.17) is 4.74 Å². The third-order valence-corrected chi connectivity index (χ3v) is 5.61. The minimum absolute atomic E-state index is 0.296. The number of aryl methyl sites for hydroxylation is 1. The van der Waals surface area contributed by atoms with Crippen LogP contribution >= 0.6 is 0 Å². The maximum Gasteiger partial charge on any atom is 0.256 e. The van der Waals surface area contributed by atoms with Gasteiger partial charge < -0.3 is 35.6 Å². The molecule has 0 bridgehead atoms. The molecular formula is C26H30N2O7. The smallest absolute Gasteiger partial charge is 0.256 e. The van der Waals surface area contributed by atoms with Crippen LogP contribution in [0.1, 0.15) is 34.7 Å². The van der Waals surface area contributed by atoms with Gasteiger partial charge in [-0.25, -0.2) is 4.98 Å². The van der Waals surface area contributed by atoms with Crippen LogP contribution in [0.2, 0.25) is 0 Å². The van der Waals surface area contributed by atoms with Crippen LogP contribution < -0.4 is 5.32 Å². The van der Waals surface area contributed by atoms with Gasteiger partial charge in [0.15, 0.2) is 6.29 Å². The van der Waals surface area contributed by atoms with Crippen molar-refractivity contribution in [3.05, 3.63) is 83.6 Å². The molecule has 2 aromatic carbocycles. The first-order chi connectivity index (χ1) is 16.7. The van der Waals surface area contributed by atoms with Gasteiger partial charge in [-0.05, 0) is 54.8 Å². The Labute approximate surface area is 203 Å². The Bertz CT molecular complexity index is 1120. The van der Waals surface area contributed by atoms with E-state index in [0.29, 0.717) is 22.5 Å². The number of hydrogen-bond donors (Lipinski definition) is 6. The molecule has 3 rings (SSSR count). The van der Waals surface area contributed by atoms with E-state index in [-0.39, 0.29) is 5.91 Å². The van der Waals surface area contributed by atoms with E-state index in [1.54, 1.807) is 61.7 Å². The van der Waals surface area contributed by atoms with Gasteiger partial charge in [-0.15, -0.1) is 0 Å². The average molecular weight is 483 g/mol. The van der Waals surface area contributed by atoms with Gasteiger partial charge in [-0.2, -0.15) is 0 Å². The number of benzene rings is 2. The van der Waals surface area contributed by atoms with E-state index < -0.39 is 37.3 Å². The van der Waals surface area contributed by atoms with Crippen molar-refractivity contribution in [3.63, 3.8) is 0 Å². The molecule has 9 heteroatoms. The SMILES string of the molecule is Cc1cc(-c2cccc(C(=O)Nc3ccccn3)c2)ccc1[C@@H](O)OC(CO)[C@@H](O)C(O)[C@H](C)O. The predicted molar refractivity (Wildman–Crippen MR) is 129 cm³/mol. The van der Waals surface area contributed by atoms with Crippen LogP contribution in [0.25, 0.3) is 11.1 Å². The summed E-state index contributed by atoms with van der Waals surface area (Å²) in [5.41, 5.74) is 3.10. The summed E-state index contributed by atoms with van der Waals surface area (Å²) in [5, 5.41) is 52.2. The van der Waals surface area contributed by atoms with Crippen molar-refractivity contribution in [2.45, 2.75) is 44.6 Å². The van der Waals surface area contributed by atoms with E-state index in [1.165, 1.54) is 6.92 Å². The van der Waals surface area contributed by atoms with Crippen molar-refractivity contribution in [3.8, 4) is 11.1 Å². The van der Waals surface area contributed by atoms with Crippen molar-refractivity contribution < 1.29 is 35.1 Å². The number of nitrogens with zero attached hydrogens (tertiary/aromatic N) is 1. The summed E-state index contributed by atoms with van der Waals surface area (Å²) in [6.07, 6.45) is -5.62.